The van der Waals surface area contributed by atoms with Gasteiger partial charge in [-0.3, -0.25) is 4.68 Å². The van der Waals surface area contributed by atoms with E-state index in [1.807, 2.05) is 0 Å². The summed E-state index contributed by atoms with van der Waals surface area (Å²) in [6.45, 7) is 0.00953. The molecule has 8 heteroatoms. The average Bonchev–Trinajstić information content (AvgIpc) is 2.97. The van der Waals surface area contributed by atoms with Gasteiger partial charge in [0, 0.05) is 22.6 Å². The predicted octanol–water partition coefficient (Wildman–Crippen LogP) is 5.68. The highest BCUT2D eigenvalue weighted by Crippen LogP contribution is 2.33. The molecule has 0 fully saturated rings. The molecule has 0 atom stereocenters. The van der Waals surface area contributed by atoms with Crippen LogP contribution in [0.25, 0.3) is 17.0 Å². The number of nitrogens with zero attached hydrogens (tertiary/aromatic N) is 2. The lowest BCUT2D eigenvalue weighted by atomic mass is 10.1. The van der Waals surface area contributed by atoms with Gasteiger partial charge in [-0.2, -0.15) is 18.3 Å². The number of aromatic nitrogens is 2. The monoisotopic (exact) mass is 412 g/mol. The number of benzene rings is 2. The van der Waals surface area contributed by atoms with E-state index in [9.17, 15) is 17.6 Å². The molecule has 1 aromatic heterocycles. The summed E-state index contributed by atoms with van der Waals surface area (Å²) < 4.78 is 54.9. The van der Waals surface area contributed by atoms with Gasteiger partial charge < -0.3 is 5.11 Å². The Morgan fingerprint density at radius 2 is 1.93 bits per heavy atom. The molecule has 0 spiro atoms. The molecule has 0 aliphatic carbocycles. The van der Waals surface area contributed by atoms with Crippen molar-refractivity contribution < 1.29 is 22.7 Å². The summed E-state index contributed by atoms with van der Waals surface area (Å²) in [6, 6.07) is 7.53. The Balaban J connectivity index is 2.06. The maximum atomic E-state index is 14.2. The Morgan fingerprint density at radius 1 is 1.14 bits per heavy atom. The Kier molecular flexibility index (Phi) is 6.05. The van der Waals surface area contributed by atoms with Crippen molar-refractivity contribution in [2.24, 2.45) is 0 Å². The summed E-state index contributed by atoms with van der Waals surface area (Å²) in [5, 5.41) is 14.0. The normalized spacial score (nSPS) is 12.4. The maximum absolute atomic E-state index is 14.2. The molecule has 0 radical (unpaired) electrons. The van der Waals surface area contributed by atoms with E-state index in [1.165, 1.54) is 22.9 Å². The topological polar surface area (TPSA) is 38.1 Å². The minimum Gasteiger partial charge on any atom is -0.396 e. The van der Waals surface area contributed by atoms with Crippen molar-refractivity contribution in [3.05, 3.63) is 70.1 Å². The van der Waals surface area contributed by atoms with Crippen molar-refractivity contribution in [2.45, 2.75) is 25.6 Å². The van der Waals surface area contributed by atoms with Gasteiger partial charge in [0.25, 0.3) is 0 Å². The standard InChI is InChI=1S/C20H17ClF4N2O/c21-15-7-5-13(17(22)11-15)12-27-19-10-14(20(23,24)25)6-8-16(19)18(26-27)4-2-1-3-9-28/h2,4-8,10-11,28H,1,3,9,12H2/b4-2+. The first-order valence-corrected chi connectivity index (χ1v) is 8.96. The van der Waals surface area contributed by atoms with E-state index in [1.54, 1.807) is 12.2 Å². The number of rotatable bonds is 6. The SMILES string of the molecule is OCCC/C=C/c1nn(Cc2ccc(Cl)cc2F)c2cc(C(F)(F)F)ccc12. The van der Waals surface area contributed by atoms with Gasteiger partial charge in [-0.1, -0.05) is 23.7 Å². The first-order chi connectivity index (χ1) is 13.3. The molecule has 2 aromatic carbocycles. The molecular weight excluding hydrogens is 396 g/mol. The van der Waals surface area contributed by atoms with Gasteiger partial charge in [0.15, 0.2) is 0 Å². The number of hydrogen-bond donors (Lipinski definition) is 1. The van der Waals surface area contributed by atoms with Gasteiger partial charge >= 0.3 is 6.18 Å². The van der Waals surface area contributed by atoms with E-state index in [2.05, 4.69) is 5.10 Å². The van der Waals surface area contributed by atoms with E-state index >= 15 is 0 Å². The van der Waals surface area contributed by atoms with Crippen LogP contribution in [0.2, 0.25) is 5.02 Å². The first kappa shape index (κ1) is 20.4. The molecule has 0 amide bonds. The lowest BCUT2D eigenvalue weighted by Gasteiger charge is -2.09. The van der Waals surface area contributed by atoms with E-state index in [0.717, 1.165) is 18.2 Å². The largest absolute Gasteiger partial charge is 0.416 e. The third-order valence-electron chi connectivity index (χ3n) is 4.25. The molecule has 0 bridgehead atoms. The van der Waals surface area contributed by atoms with Gasteiger partial charge in [0.1, 0.15) is 5.82 Å². The van der Waals surface area contributed by atoms with Gasteiger partial charge in [-0.05, 0) is 49.2 Å². The molecule has 3 rings (SSSR count). The molecule has 3 aromatic rings. The smallest absolute Gasteiger partial charge is 0.396 e. The number of hydrogen-bond acceptors (Lipinski definition) is 2. The second-order valence-corrected chi connectivity index (χ2v) is 6.71. The molecular formula is C20H17ClF4N2O. The fourth-order valence-electron chi connectivity index (χ4n) is 2.83. The Labute approximate surface area is 163 Å². The van der Waals surface area contributed by atoms with Crippen molar-refractivity contribution in [1.29, 1.82) is 0 Å². The van der Waals surface area contributed by atoms with Crippen molar-refractivity contribution >= 4 is 28.6 Å². The Hall–Kier alpha value is -2.38. The molecule has 0 saturated heterocycles. The number of allylic oxidation sites excluding steroid dienone is 1. The van der Waals surface area contributed by atoms with Crippen LogP contribution in [0.4, 0.5) is 17.6 Å². The highest BCUT2D eigenvalue weighted by atomic mass is 35.5. The van der Waals surface area contributed by atoms with Crippen LogP contribution >= 0.6 is 11.6 Å². The van der Waals surface area contributed by atoms with Crippen molar-refractivity contribution in [3.63, 3.8) is 0 Å². The second-order valence-electron chi connectivity index (χ2n) is 6.28. The van der Waals surface area contributed by atoms with E-state index in [0.29, 0.717) is 23.9 Å². The van der Waals surface area contributed by atoms with Crippen LogP contribution < -0.4 is 0 Å². The van der Waals surface area contributed by atoms with Gasteiger partial charge in [-0.15, -0.1) is 0 Å². The number of fused-ring (bicyclic) bond motifs is 1. The van der Waals surface area contributed by atoms with Gasteiger partial charge in [0.2, 0.25) is 0 Å². The van der Waals surface area contributed by atoms with Crippen LogP contribution in [0.3, 0.4) is 0 Å². The lowest BCUT2D eigenvalue weighted by Crippen LogP contribution is -2.07. The minimum absolute atomic E-state index is 0.0364. The zero-order valence-corrected chi connectivity index (χ0v) is 15.4. The Morgan fingerprint density at radius 3 is 2.61 bits per heavy atom. The fourth-order valence-corrected chi connectivity index (χ4v) is 2.99. The highest BCUT2D eigenvalue weighted by Gasteiger charge is 2.31. The number of halogens is 5. The molecule has 148 valence electrons. The summed E-state index contributed by atoms with van der Waals surface area (Å²) in [5.74, 6) is -0.553. The predicted molar refractivity (Wildman–Crippen MR) is 101 cm³/mol. The molecule has 0 aliphatic rings. The number of alkyl halides is 3. The molecule has 1 N–H and O–H groups in total. The van der Waals surface area contributed by atoms with Crippen molar-refractivity contribution in [2.75, 3.05) is 6.61 Å². The molecule has 0 unspecified atom stereocenters. The molecule has 28 heavy (non-hydrogen) atoms. The molecule has 1 heterocycles. The molecule has 0 aliphatic heterocycles. The Bertz CT molecular complexity index is 1010. The van der Waals surface area contributed by atoms with E-state index in [4.69, 9.17) is 16.7 Å². The zero-order chi connectivity index (χ0) is 20.3. The lowest BCUT2D eigenvalue weighted by molar-refractivity contribution is -0.137. The zero-order valence-electron chi connectivity index (χ0n) is 14.7. The molecule has 3 nitrogen and oxygen atoms in total. The minimum atomic E-state index is -4.49. The van der Waals surface area contributed by atoms with Crippen LogP contribution in [0.5, 0.6) is 0 Å². The summed E-state index contributed by atoms with van der Waals surface area (Å²) >= 11 is 5.76. The van der Waals surface area contributed by atoms with Crippen molar-refractivity contribution in [3.8, 4) is 0 Å². The van der Waals surface area contributed by atoms with Crippen LogP contribution in [-0.4, -0.2) is 21.5 Å². The number of unbranched alkanes of at least 4 members (excludes halogenated alkanes) is 1. The van der Waals surface area contributed by atoms with Gasteiger partial charge in [-0.25, -0.2) is 4.39 Å². The van der Waals surface area contributed by atoms with Crippen molar-refractivity contribution in [1.82, 2.24) is 9.78 Å². The van der Waals surface area contributed by atoms with E-state index in [-0.39, 0.29) is 29.3 Å². The molecule has 0 saturated carbocycles. The first-order valence-electron chi connectivity index (χ1n) is 8.58. The van der Waals surface area contributed by atoms with E-state index < -0.39 is 17.6 Å². The van der Waals surface area contributed by atoms with Crippen LogP contribution in [0, 0.1) is 5.82 Å². The third-order valence-corrected chi connectivity index (χ3v) is 4.48. The summed E-state index contributed by atoms with van der Waals surface area (Å²) in [7, 11) is 0. The fraction of sp³-hybridized carbons (Fsp3) is 0.250. The summed E-state index contributed by atoms with van der Waals surface area (Å²) in [5.41, 5.74) is 0.206. The quantitative estimate of drug-likeness (QED) is 0.417. The van der Waals surface area contributed by atoms with Gasteiger partial charge in [0.05, 0.1) is 23.3 Å². The summed E-state index contributed by atoms with van der Waals surface area (Å²) in [4.78, 5) is 0. The third kappa shape index (κ3) is 4.54. The van der Waals surface area contributed by atoms with Crippen LogP contribution in [0.1, 0.15) is 29.7 Å². The average molecular weight is 413 g/mol. The number of aliphatic hydroxyl groups is 1. The summed E-state index contributed by atoms with van der Waals surface area (Å²) in [6.07, 6.45) is 0.176. The maximum Gasteiger partial charge on any atom is 0.416 e. The highest BCUT2D eigenvalue weighted by molar-refractivity contribution is 6.30. The van der Waals surface area contributed by atoms with Crippen LogP contribution in [-0.2, 0) is 12.7 Å². The van der Waals surface area contributed by atoms with Crippen LogP contribution in [0.15, 0.2) is 42.5 Å². The number of aliphatic hydroxyl groups excluding tert-OH is 1. The second kappa shape index (κ2) is 8.32.